The predicted octanol–water partition coefficient (Wildman–Crippen LogP) is 1.86. The van der Waals surface area contributed by atoms with Gasteiger partial charge in [0.1, 0.15) is 0 Å². The molecular weight excluding hydrogens is 216 g/mol. The lowest BCUT2D eigenvalue weighted by atomic mass is 10.2. The molecule has 0 aliphatic heterocycles. The summed E-state index contributed by atoms with van der Waals surface area (Å²) < 4.78 is 0. The molecular formula is C12H14N4O. The molecule has 2 rings (SSSR count). The third-order valence-electron chi connectivity index (χ3n) is 2.52. The van der Waals surface area contributed by atoms with Crippen LogP contribution in [0.25, 0.3) is 0 Å². The number of rotatable bonds is 2. The number of hydrogen-bond acceptors (Lipinski definition) is 3. The lowest BCUT2D eigenvalue weighted by molar-refractivity contribution is 0.102. The Balaban J connectivity index is 2.23. The summed E-state index contributed by atoms with van der Waals surface area (Å²) in [6.45, 7) is 3.69. The van der Waals surface area contributed by atoms with E-state index >= 15 is 0 Å². The summed E-state index contributed by atoms with van der Waals surface area (Å²) in [5.74, 6) is -0.190. The monoisotopic (exact) mass is 230 g/mol. The molecule has 88 valence electrons. The molecule has 1 amide bonds. The second-order valence-electron chi connectivity index (χ2n) is 3.89. The van der Waals surface area contributed by atoms with Crippen molar-refractivity contribution in [1.82, 2.24) is 10.2 Å². The molecule has 0 radical (unpaired) electrons. The fraction of sp³-hybridized carbons (Fsp3) is 0.167. The molecule has 0 spiro atoms. The summed E-state index contributed by atoms with van der Waals surface area (Å²) in [5.41, 5.74) is 9.05. The van der Waals surface area contributed by atoms with E-state index in [1.54, 1.807) is 24.3 Å². The van der Waals surface area contributed by atoms with E-state index in [0.717, 1.165) is 17.1 Å². The molecule has 1 heterocycles. The zero-order valence-electron chi connectivity index (χ0n) is 9.74. The molecule has 0 saturated heterocycles. The number of benzene rings is 1. The van der Waals surface area contributed by atoms with Crippen molar-refractivity contribution in [3.05, 3.63) is 41.2 Å². The van der Waals surface area contributed by atoms with E-state index in [2.05, 4.69) is 15.5 Å². The average molecular weight is 230 g/mol. The van der Waals surface area contributed by atoms with Gasteiger partial charge in [0.2, 0.25) is 0 Å². The number of aromatic nitrogens is 2. The Labute approximate surface area is 99.0 Å². The number of carbonyl (C=O) groups is 1. The van der Waals surface area contributed by atoms with Gasteiger partial charge in [0.25, 0.3) is 5.91 Å². The van der Waals surface area contributed by atoms with Crippen molar-refractivity contribution in [3.8, 4) is 0 Å². The third-order valence-corrected chi connectivity index (χ3v) is 2.52. The van der Waals surface area contributed by atoms with Gasteiger partial charge < -0.3 is 11.1 Å². The summed E-state index contributed by atoms with van der Waals surface area (Å²) >= 11 is 0. The van der Waals surface area contributed by atoms with Crippen LogP contribution in [0.5, 0.6) is 0 Å². The van der Waals surface area contributed by atoms with Crippen LogP contribution in [0.4, 0.5) is 11.4 Å². The molecule has 4 N–H and O–H groups in total. The molecule has 0 atom stereocenters. The Kier molecular flexibility index (Phi) is 2.82. The zero-order chi connectivity index (χ0) is 12.4. The number of anilines is 2. The molecule has 0 fully saturated rings. The lowest BCUT2D eigenvalue weighted by Gasteiger charge is -2.05. The van der Waals surface area contributed by atoms with Gasteiger partial charge in [-0.3, -0.25) is 9.89 Å². The van der Waals surface area contributed by atoms with E-state index in [1.165, 1.54) is 0 Å². The number of nitrogens with zero attached hydrogens (tertiary/aromatic N) is 1. The van der Waals surface area contributed by atoms with Gasteiger partial charge in [-0.05, 0) is 32.0 Å². The highest BCUT2D eigenvalue weighted by Crippen LogP contribution is 2.17. The SMILES string of the molecule is Cc1n[nH]c(C)c1NC(=O)c1cccc(N)c1. The highest BCUT2D eigenvalue weighted by Gasteiger charge is 2.11. The molecule has 0 bridgehead atoms. The van der Waals surface area contributed by atoms with Crippen molar-refractivity contribution < 1.29 is 4.79 Å². The van der Waals surface area contributed by atoms with E-state index in [9.17, 15) is 4.79 Å². The first-order valence-electron chi connectivity index (χ1n) is 5.26. The van der Waals surface area contributed by atoms with E-state index in [1.807, 2.05) is 13.8 Å². The van der Waals surface area contributed by atoms with Crippen LogP contribution in [-0.4, -0.2) is 16.1 Å². The molecule has 5 nitrogen and oxygen atoms in total. The van der Waals surface area contributed by atoms with Gasteiger partial charge in [-0.15, -0.1) is 0 Å². The van der Waals surface area contributed by atoms with Gasteiger partial charge >= 0.3 is 0 Å². The smallest absolute Gasteiger partial charge is 0.255 e. The standard InChI is InChI=1S/C12H14N4O/c1-7-11(8(2)16-15-7)14-12(17)9-4-3-5-10(13)6-9/h3-6H,13H2,1-2H3,(H,14,17)(H,15,16). The minimum atomic E-state index is -0.190. The van der Waals surface area contributed by atoms with Gasteiger partial charge in [0, 0.05) is 11.3 Å². The highest BCUT2D eigenvalue weighted by atomic mass is 16.1. The third kappa shape index (κ3) is 2.28. The van der Waals surface area contributed by atoms with Gasteiger partial charge in [-0.25, -0.2) is 0 Å². The minimum Gasteiger partial charge on any atom is -0.399 e. The fourth-order valence-corrected chi connectivity index (χ4v) is 1.60. The zero-order valence-corrected chi connectivity index (χ0v) is 9.74. The van der Waals surface area contributed by atoms with Crippen molar-refractivity contribution in [1.29, 1.82) is 0 Å². The van der Waals surface area contributed by atoms with Crippen LogP contribution in [0.2, 0.25) is 0 Å². The molecule has 0 saturated carbocycles. The summed E-state index contributed by atoms with van der Waals surface area (Å²) in [6.07, 6.45) is 0. The van der Waals surface area contributed by atoms with Crippen LogP contribution in [0.15, 0.2) is 24.3 Å². The topological polar surface area (TPSA) is 83.8 Å². The number of nitrogen functional groups attached to an aromatic ring is 1. The van der Waals surface area contributed by atoms with Crippen molar-refractivity contribution >= 4 is 17.3 Å². The number of hydrogen-bond donors (Lipinski definition) is 3. The van der Waals surface area contributed by atoms with Crippen LogP contribution in [0.1, 0.15) is 21.7 Å². The first kappa shape index (κ1) is 11.2. The predicted molar refractivity (Wildman–Crippen MR) is 66.9 cm³/mol. The maximum Gasteiger partial charge on any atom is 0.255 e. The normalized spacial score (nSPS) is 10.2. The van der Waals surface area contributed by atoms with Gasteiger partial charge in [-0.1, -0.05) is 6.07 Å². The quantitative estimate of drug-likeness (QED) is 0.688. The Morgan fingerprint density at radius 3 is 2.76 bits per heavy atom. The molecule has 1 aromatic heterocycles. The van der Waals surface area contributed by atoms with Gasteiger partial charge in [0.15, 0.2) is 0 Å². The Bertz CT molecular complexity index is 540. The number of amides is 1. The van der Waals surface area contributed by atoms with E-state index in [-0.39, 0.29) is 5.91 Å². The maximum atomic E-state index is 12.0. The molecule has 17 heavy (non-hydrogen) atoms. The summed E-state index contributed by atoms with van der Waals surface area (Å²) in [5, 5.41) is 9.65. The van der Waals surface area contributed by atoms with Crippen molar-refractivity contribution in [2.24, 2.45) is 0 Å². The van der Waals surface area contributed by atoms with E-state index in [0.29, 0.717) is 11.3 Å². The number of aromatic amines is 1. The minimum absolute atomic E-state index is 0.190. The Morgan fingerprint density at radius 2 is 2.18 bits per heavy atom. The highest BCUT2D eigenvalue weighted by molar-refractivity contribution is 6.05. The van der Waals surface area contributed by atoms with Crippen LogP contribution in [0, 0.1) is 13.8 Å². The van der Waals surface area contributed by atoms with Gasteiger partial charge in [-0.2, -0.15) is 5.10 Å². The number of nitrogens with two attached hydrogens (primary N) is 1. The summed E-state index contributed by atoms with van der Waals surface area (Å²) in [7, 11) is 0. The molecule has 0 unspecified atom stereocenters. The Hall–Kier alpha value is -2.30. The number of carbonyl (C=O) groups excluding carboxylic acids is 1. The second kappa shape index (κ2) is 4.29. The van der Waals surface area contributed by atoms with Crippen molar-refractivity contribution in [2.75, 3.05) is 11.1 Å². The lowest BCUT2D eigenvalue weighted by Crippen LogP contribution is -2.13. The van der Waals surface area contributed by atoms with E-state index in [4.69, 9.17) is 5.73 Å². The molecule has 0 aliphatic rings. The van der Waals surface area contributed by atoms with Crippen LogP contribution in [0.3, 0.4) is 0 Å². The largest absolute Gasteiger partial charge is 0.399 e. The van der Waals surface area contributed by atoms with Crippen LogP contribution in [-0.2, 0) is 0 Å². The Morgan fingerprint density at radius 1 is 1.41 bits per heavy atom. The number of aryl methyl sites for hydroxylation is 2. The number of nitrogens with one attached hydrogen (secondary N) is 2. The average Bonchev–Trinajstić information content (AvgIpc) is 2.61. The van der Waals surface area contributed by atoms with Crippen molar-refractivity contribution in [2.45, 2.75) is 13.8 Å². The van der Waals surface area contributed by atoms with Crippen LogP contribution < -0.4 is 11.1 Å². The molecule has 1 aromatic carbocycles. The molecule has 0 aliphatic carbocycles. The van der Waals surface area contributed by atoms with Gasteiger partial charge in [0.05, 0.1) is 17.1 Å². The fourth-order valence-electron chi connectivity index (χ4n) is 1.60. The first-order valence-corrected chi connectivity index (χ1v) is 5.26. The first-order chi connectivity index (χ1) is 8.08. The summed E-state index contributed by atoms with van der Waals surface area (Å²) in [4.78, 5) is 12.0. The molecule has 2 aromatic rings. The molecule has 5 heteroatoms. The van der Waals surface area contributed by atoms with Crippen molar-refractivity contribution in [3.63, 3.8) is 0 Å². The van der Waals surface area contributed by atoms with E-state index < -0.39 is 0 Å². The summed E-state index contributed by atoms with van der Waals surface area (Å²) in [6, 6.07) is 6.85. The second-order valence-corrected chi connectivity index (χ2v) is 3.89. The number of H-pyrrole nitrogens is 1. The maximum absolute atomic E-state index is 12.0. The van der Waals surface area contributed by atoms with Crippen LogP contribution >= 0.6 is 0 Å².